The van der Waals surface area contributed by atoms with Gasteiger partial charge in [-0.2, -0.15) is 5.26 Å². The highest BCUT2D eigenvalue weighted by Gasteiger charge is 2.29. The summed E-state index contributed by atoms with van der Waals surface area (Å²) in [5.74, 6) is 0.637. The fraction of sp³-hybridized carbons (Fsp3) is 0.462. The molecular formula is C13H15ClN2O. The van der Waals surface area contributed by atoms with Crippen molar-refractivity contribution in [2.75, 3.05) is 0 Å². The van der Waals surface area contributed by atoms with E-state index in [1.165, 1.54) is 6.42 Å². The lowest BCUT2D eigenvalue weighted by Gasteiger charge is -2.33. The molecule has 90 valence electrons. The number of nitrogens with zero attached hydrogens (tertiary/aromatic N) is 1. The summed E-state index contributed by atoms with van der Waals surface area (Å²) in [6.07, 6.45) is 5.15. The third-order valence-corrected chi connectivity index (χ3v) is 3.39. The number of halogens is 1. The second-order valence-corrected chi connectivity index (χ2v) is 4.89. The summed E-state index contributed by atoms with van der Waals surface area (Å²) in [6, 6.07) is 7.07. The molecule has 1 aliphatic rings. The fourth-order valence-electron chi connectivity index (χ4n) is 2.14. The van der Waals surface area contributed by atoms with Crippen LogP contribution in [0.2, 0.25) is 5.02 Å². The molecule has 0 radical (unpaired) electrons. The molecule has 0 heterocycles. The van der Waals surface area contributed by atoms with Gasteiger partial charge in [-0.25, -0.2) is 0 Å². The molecule has 2 N–H and O–H groups in total. The number of nitrogens with two attached hydrogens (primary N) is 1. The Morgan fingerprint density at radius 3 is 2.59 bits per heavy atom. The number of nitriles is 1. The summed E-state index contributed by atoms with van der Waals surface area (Å²) in [5, 5.41) is 9.19. The molecule has 2 rings (SSSR count). The molecule has 0 atom stereocenters. The summed E-state index contributed by atoms with van der Waals surface area (Å²) < 4.78 is 5.81. The molecule has 0 aromatic heterocycles. The molecule has 3 nitrogen and oxygen atoms in total. The van der Waals surface area contributed by atoms with Crippen molar-refractivity contribution < 1.29 is 4.74 Å². The Hall–Kier alpha value is -1.24. The van der Waals surface area contributed by atoms with Crippen LogP contribution in [-0.2, 0) is 0 Å². The highest BCUT2D eigenvalue weighted by atomic mass is 35.5. The van der Waals surface area contributed by atoms with E-state index < -0.39 is 5.72 Å². The Morgan fingerprint density at radius 1 is 1.29 bits per heavy atom. The van der Waals surface area contributed by atoms with Gasteiger partial charge in [0.15, 0.2) is 5.72 Å². The maximum atomic E-state index is 8.78. The minimum Gasteiger partial charge on any atom is -0.473 e. The van der Waals surface area contributed by atoms with Gasteiger partial charge >= 0.3 is 0 Å². The van der Waals surface area contributed by atoms with Crippen LogP contribution >= 0.6 is 11.6 Å². The highest BCUT2D eigenvalue weighted by molar-refractivity contribution is 6.31. The maximum Gasteiger partial charge on any atom is 0.158 e. The van der Waals surface area contributed by atoms with Crippen molar-refractivity contribution in [2.24, 2.45) is 5.73 Å². The first-order chi connectivity index (χ1) is 8.13. The molecule has 0 bridgehead atoms. The van der Waals surface area contributed by atoms with Gasteiger partial charge in [0.05, 0.1) is 10.6 Å². The van der Waals surface area contributed by atoms with Gasteiger partial charge in [0.25, 0.3) is 0 Å². The zero-order chi connectivity index (χ0) is 12.3. The zero-order valence-corrected chi connectivity index (χ0v) is 10.3. The molecule has 0 unspecified atom stereocenters. The quantitative estimate of drug-likeness (QED) is 0.820. The van der Waals surface area contributed by atoms with Crippen LogP contribution < -0.4 is 10.5 Å². The van der Waals surface area contributed by atoms with E-state index in [1.54, 1.807) is 18.2 Å². The van der Waals surface area contributed by atoms with Crippen LogP contribution in [0.1, 0.15) is 37.7 Å². The molecule has 1 fully saturated rings. The molecule has 17 heavy (non-hydrogen) atoms. The predicted octanol–water partition coefficient (Wildman–Crippen LogP) is 3.21. The normalized spacial score (nSPS) is 18.4. The summed E-state index contributed by atoms with van der Waals surface area (Å²) in [7, 11) is 0. The van der Waals surface area contributed by atoms with Crippen LogP contribution in [0.25, 0.3) is 0 Å². The molecule has 0 amide bonds. The van der Waals surface area contributed by atoms with Gasteiger partial charge in [-0.05, 0) is 25.0 Å². The second-order valence-electron chi connectivity index (χ2n) is 4.48. The van der Waals surface area contributed by atoms with Crippen molar-refractivity contribution >= 4 is 11.6 Å². The standard InChI is InChI=1S/C13H15ClN2O/c14-12-8-11(5-4-10(12)9-15)17-13(16)6-2-1-3-7-13/h4-5,8H,1-3,6-7,16H2. The van der Waals surface area contributed by atoms with Gasteiger partial charge in [-0.3, -0.25) is 5.73 Å². The van der Waals surface area contributed by atoms with E-state index in [4.69, 9.17) is 27.3 Å². The van der Waals surface area contributed by atoms with Crippen molar-refractivity contribution in [1.29, 1.82) is 5.26 Å². The predicted molar refractivity (Wildman–Crippen MR) is 66.8 cm³/mol. The molecule has 1 aromatic carbocycles. The Labute approximate surface area is 106 Å². The molecule has 1 aliphatic carbocycles. The summed E-state index contributed by atoms with van der Waals surface area (Å²) in [6.45, 7) is 0. The molecule has 0 saturated heterocycles. The van der Waals surface area contributed by atoms with Crippen molar-refractivity contribution in [1.82, 2.24) is 0 Å². The highest BCUT2D eigenvalue weighted by Crippen LogP contribution is 2.30. The first-order valence-corrected chi connectivity index (χ1v) is 6.18. The maximum absolute atomic E-state index is 8.78. The first kappa shape index (κ1) is 12.2. The van der Waals surface area contributed by atoms with E-state index in [2.05, 4.69) is 0 Å². The summed E-state index contributed by atoms with van der Waals surface area (Å²) >= 11 is 5.95. The average molecular weight is 251 g/mol. The first-order valence-electron chi connectivity index (χ1n) is 5.80. The van der Waals surface area contributed by atoms with Crippen LogP contribution in [0, 0.1) is 11.3 Å². The Bertz CT molecular complexity index is 447. The van der Waals surface area contributed by atoms with Gasteiger partial charge in [0.1, 0.15) is 11.8 Å². The number of hydrogen-bond donors (Lipinski definition) is 1. The number of benzene rings is 1. The van der Waals surface area contributed by atoms with E-state index in [9.17, 15) is 0 Å². The largest absolute Gasteiger partial charge is 0.473 e. The minimum absolute atomic E-state index is 0.407. The van der Waals surface area contributed by atoms with Gasteiger partial charge in [-0.15, -0.1) is 0 Å². The van der Waals surface area contributed by atoms with Gasteiger partial charge < -0.3 is 4.74 Å². The molecule has 4 heteroatoms. The zero-order valence-electron chi connectivity index (χ0n) is 9.58. The van der Waals surface area contributed by atoms with Gasteiger partial charge in [-0.1, -0.05) is 18.0 Å². The van der Waals surface area contributed by atoms with Crippen LogP contribution in [0.3, 0.4) is 0 Å². The van der Waals surface area contributed by atoms with Crippen molar-refractivity contribution in [3.63, 3.8) is 0 Å². The lowest BCUT2D eigenvalue weighted by atomic mass is 9.92. The Balaban J connectivity index is 2.13. The lowest BCUT2D eigenvalue weighted by molar-refractivity contribution is 0.0365. The van der Waals surface area contributed by atoms with Crippen molar-refractivity contribution in [2.45, 2.75) is 37.8 Å². The van der Waals surface area contributed by atoms with Crippen LogP contribution in [0.5, 0.6) is 5.75 Å². The Kier molecular flexibility index (Phi) is 3.56. The summed E-state index contributed by atoms with van der Waals surface area (Å²) in [4.78, 5) is 0. The third-order valence-electron chi connectivity index (χ3n) is 3.08. The number of rotatable bonds is 2. The summed E-state index contributed by atoms with van der Waals surface area (Å²) in [5.41, 5.74) is 6.06. The lowest BCUT2D eigenvalue weighted by Crippen LogP contribution is -2.47. The molecular weight excluding hydrogens is 236 g/mol. The van der Waals surface area contributed by atoms with E-state index in [1.807, 2.05) is 6.07 Å². The van der Waals surface area contributed by atoms with Crippen LogP contribution in [0.15, 0.2) is 18.2 Å². The average Bonchev–Trinajstić information content (AvgIpc) is 2.29. The van der Waals surface area contributed by atoms with Gasteiger partial charge in [0, 0.05) is 18.9 Å². The molecule has 1 aromatic rings. The molecule has 0 aliphatic heterocycles. The van der Waals surface area contributed by atoms with Crippen LogP contribution in [0.4, 0.5) is 0 Å². The minimum atomic E-state index is -0.574. The SMILES string of the molecule is N#Cc1ccc(OC2(N)CCCCC2)cc1Cl. The van der Waals surface area contributed by atoms with Crippen molar-refractivity contribution in [3.8, 4) is 11.8 Å². The van der Waals surface area contributed by atoms with E-state index >= 15 is 0 Å². The van der Waals surface area contributed by atoms with E-state index in [0.717, 1.165) is 25.7 Å². The molecule has 1 saturated carbocycles. The Morgan fingerprint density at radius 2 is 2.00 bits per heavy atom. The smallest absolute Gasteiger partial charge is 0.158 e. The number of ether oxygens (including phenoxy) is 1. The monoisotopic (exact) mass is 250 g/mol. The molecule has 0 spiro atoms. The number of hydrogen-bond acceptors (Lipinski definition) is 3. The fourth-order valence-corrected chi connectivity index (χ4v) is 2.35. The second kappa shape index (κ2) is 4.95. The van der Waals surface area contributed by atoms with E-state index in [-0.39, 0.29) is 0 Å². The van der Waals surface area contributed by atoms with Crippen molar-refractivity contribution in [3.05, 3.63) is 28.8 Å². The third kappa shape index (κ3) is 2.91. The van der Waals surface area contributed by atoms with Crippen LogP contribution in [-0.4, -0.2) is 5.72 Å². The van der Waals surface area contributed by atoms with E-state index in [0.29, 0.717) is 16.3 Å². The topological polar surface area (TPSA) is 59.0 Å². The van der Waals surface area contributed by atoms with Gasteiger partial charge in [0.2, 0.25) is 0 Å².